The topological polar surface area (TPSA) is 32.8 Å². The van der Waals surface area contributed by atoms with E-state index >= 15 is 0 Å². The van der Waals surface area contributed by atoms with Gasteiger partial charge in [-0.05, 0) is 66.7 Å². The Morgan fingerprint density at radius 1 is 1.39 bits per heavy atom. The van der Waals surface area contributed by atoms with Gasteiger partial charge in [-0.1, -0.05) is 0 Å². The molecule has 0 bridgehead atoms. The van der Waals surface area contributed by atoms with E-state index in [9.17, 15) is 4.79 Å². The first-order valence-corrected chi connectivity index (χ1v) is 6.95. The van der Waals surface area contributed by atoms with Crippen LogP contribution in [-0.4, -0.2) is 61.6 Å². The summed E-state index contributed by atoms with van der Waals surface area (Å²) in [5, 5.41) is 0. The third-order valence-electron chi connectivity index (χ3n) is 4.10. The first-order chi connectivity index (χ1) is 8.37. The lowest BCUT2D eigenvalue weighted by Crippen LogP contribution is -2.51. The van der Waals surface area contributed by atoms with Gasteiger partial charge in [0.2, 0.25) is 0 Å². The first kappa shape index (κ1) is 15.4. The number of hydrogen-bond donors (Lipinski definition) is 0. The van der Waals surface area contributed by atoms with Crippen molar-refractivity contribution in [2.75, 3.05) is 40.3 Å². The van der Waals surface area contributed by atoms with Crippen molar-refractivity contribution >= 4 is 5.97 Å². The summed E-state index contributed by atoms with van der Waals surface area (Å²) in [6, 6.07) is 0. The van der Waals surface area contributed by atoms with Crippen LogP contribution in [0, 0.1) is 5.92 Å². The minimum atomic E-state index is -0.528. The Morgan fingerprint density at radius 2 is 1.94 bits per heavy atom. The Kier molecular flexibility index (Phi) is 5.60. The smallest absolute Gasteiger partial charge is 0.325 e. The fourth-order valence-corrected chi connectivity index (χ4v) is 2.32. The number of nitrogens with zero attached hydrogens (tertiary/aromatic N) is 2. The van der Waals surface area contributed by atoms with Gasteiger partial charge in [-0.15, -0.1) is 0 Å². The van der Waals surface area contributed by atoms with Crippen molar-refractivity contribution in [3.63, 3.8) is 0 Å². The van der Waals surface area contributed by atoms with Crippen molar-refractivity contribution in [3.05, 3.63) is 0 Å². The molecule has 0 radical (unpaired) electrons. The fraction of sp³-hybridized carbons (Fsp3) is 0.929. The molecule has 0 saturated carbocycles. The van der Waals surface area contributed by atoms with Crippen molar-refractivity contribution in [1.82, 2.24) is 9.80 Å². The van der Waals surface area contributed by atoms with Crippen molar-refractivity contribution in [2.24, 2.45) is 5.92 Å². The summed E-state index contributed by atoms with van der Waals surface area (Å²) in [7, 11) is 4.19. The monoisotopic (exact) mass is 256 g/mol. The molecule has 18 heavy (non-hydrogen) atoms. The van der Waals surface area contributed by atoms with Crippen LogP contribution in [0.4, 0.5) is 0 Å². The zero-order valence-corrected chi connectivity index (χ0v) is 12.5. The zero-order valence-electron chi connectivity index (χ0n) is 12.5. The number of likely N-dealkylation sites (tertiary alicyclic amines) is 1. The molecule has 1 heterocycles. The summed E-state index contributed by atoms with van der Waals surface area (Å²) in [6.07, 6.45) is 2.44. The van der Waals surface area contributed by atoms with Crippen molar-refractivity contribution < 1.29 is 9.53 Å². The van der Waals surface area contributed by atoms with E-state index in [0.717, 1.165) is 6.54 Å². The van der Waals surface area contributed by atoms with Crippen LogP contribution in [0.1, 0.15) is 33.6 Å². The fourth-order valence-electron chi connectivity index (χ4n) is 2.32. The van der Waals surface area contributed by atoms with Crippen LogP contribution in [0.25, 0.3) is 0 Å². The molecule has 1 aliphatic heterocycles. The Bertz CT molecular complexity index is 271. The quantitative estimate of drug-likeness (QED) is 0.700. The van der Waals surface area contributed by atoms with Gasteiger partial charge < -0.3 is 9.64 Å². The summed E-state index contributed by atoms with van der Waals surface area (Å²) in [5.41, 5.74) is -0.528. The molecule has 1 rings (SSSR count). The van der Waals surface area contributed by atoms with Gasteiger partial charge >= 0.3 is 5.97 Å². The number of hydrogen-bond acceptors (Lipinski definition) is 4. The Labute approximate surface area is 111 Å². The minimum absolute atomic E-state index is 0.125. The number of esters is 1. The molecule has 0 N–H and O–H groups in total. The van der Waals surface area contributed by atoms with Gasteiger partial charge in [-0.3, -0.25) is 9.69 Å². The number of ether oxygens (including phenoxy) is 1. The second kappa shape index (κ2) is 6.53. The number of rotatable bonds is 5. The molecule has 0 unspecified atom stereocenters. The highest BCUT2D eigenvalue weighted by molar-refractivity contribution is 5.79. The zero-order chi connectivity index (χ0) is 13.8. The Morgan fingerprint density at radius 3 is 2.44 bits per heavy atom. The predicted octanol–water partition coefficient (Wildman–Crippen LogP) is 1.60. The minimum Gasteiger partial charge on any atom is -0.465 e. The van der Waals surface area contributed by atoms with E-state index in [-0.39, 0.29) is 5.97 Å². The van der Waals surface area contributed by atoms with Gasteiger partial charge in [0.05, 0.1) is 6.61 Å². The van der Waals surface area contributed by atoms with E-state index in [4.69, 9.17) is 4.74 Å². The van der Waals surface area contributed by atoms with Crippen LogP contribution in [-0.2, 0) is 9.53 Å². The average molecular weight is 256 g/mol. The second-order valence-electron chi connectivity index (χ2n) is 5.91. The predicted molar refractivity (Wildman–Crippen MR) is 73.6 cm³/mol. The molecule has 0 spiro atoms. The maximum absolute atomic E-state index is 11.9. The Balaban J connectivity index is 2.48. The van der Waals surface area contributed by atoms with E-state index in [1.807, 2.05) is 27.8 Å². The summed E-state index contributed by atoms with van der Waals surface area (Å²) >= 11 is 0. The van der Waals surface area contributed by atoms with Crippen LogP contribution in [0.5, 0.6) is 0 Å². The molecule has 1 aliphatic rings. The second-order valence-corrected chi connectivity index (χ2v) is 5.91. The van der Waals surface area contributed by atoms with Crippen molar-refractivity contribution in [1.29, 1.82) is 0 Å². The highest BCUT2D eigenvalue weighted by Crippen LogP contribution is 2.22. The molecule has 1 fully saturated rings. The van der Waals surface area contributed by atoms with E-state index < -0.39 is 5.54 Å². The van der Waals surface area contributed by atoms with Gasteiger partial charge in [-0.25, -0.2) is 0 Å². The number of carbonyl (C=O) groups excluding carboxylic acids is 1. The van der Waals surface area contributed by atoms with Crippen LogP contribution in [0.2, 0.25) is 0 Å². The van der Waals surface area contributed by atoms with Crippen molar-refractivity contribution in [2.45, 2.75) is 39.2 Å². The molecular weight excluding hydrogens is 228 g/mol. The van der Waals surface area contributed by atoms with Crippen molar-refractivity contribution in [3.8, 4) is 0 Å². The molecule has 0 aromatic rings. The molecule has 0 aromatic heterocycles. The number of carbonyl (C=O) groups is 1. The lowest BCUT2D eigenvalue weighted by molar-refractivity contribution is -0.155. The van der Waals surface area contributed by atoms with Gasteiger partial charge in [0, 0.05) is 6.54 Å². The highest BCUT2D eigenvalue weighted by Gasteiger charge is 2.35. The first-order valence-electron chi connectivity index (χ1n) is 6.95. The lowest BCUT2D eigenvalue weighted by atomic mass is 9.94. The van der Waals surface area contributed by atoms with Gasteiger partial charge in [0.25, 0.3) is 0 Å². The summed E-state index contributed by atoms with van der Waals surface area (Å²) in [4.78, 5) is 16.4. The molecule has 4 heteroatoms. The largest absolute Gasteiger partial charge is 0.465 e. The van der Waals surface area contributed by atoms with Crippen LogP contribution >= 0.6 is 0 Å². The molecule has 4 nitrogen and oxygen atoms in total. The van der Waals surface area contributed by atoms with Crippen LogP contribution < -0.4 is 0 Å². The van der Waals surface area contributed by atoms with E-state index in [0.29, 0.717) is 12.5 Å². The van der Waals surface area contributed by atoms with Gasteiger partial charge in [0.1, 0.15) is 5.54 Å². The van der Waals surface area contributed by atoms with Gasteiger partial charge in [-0.2, -0.15) is 0 Å². The molecule has 0 aliphatic carbocycles. The van der Waals surface area contributed by atoms with Gasteiger partial charge in [0.15, 0.2) is 0 Å². The molecule has 106 valence electrons. The van der Waals surface area contributed by atoms with E-state index in [1.54, 1.807) is 0 Å². The molecule has 1 saturated heterocycles. The standard InChI is InChI=1S/C14H28N2O2/c1-6-18-13(17)14(2,3)16(5)11-12-7-9-15(4)10-8-12/h12H,6-11H2,1-5H3. The summed E-state index contributed by atoms with van der Waals surface area (Å²) < 4.78 is 5.15. The average Bonchev–Trinajstić information content (AvgIpc) is 2.32. The summed E-state index contributed by atoms with van der Waals surface area (Å²) in [6.45, 7) is 9.49. The third-order valence-corrected chi connectivity index (χ3v) is 4.10. The molecule has 0 atom stereocenters. The highest BCUT2D eigenvalue weighted by atomic mass is 16.5. The Hall–Kier alpha value is -0.610. The van der Waals surface area contributed by atoms with E-state index in [2.05, 4.69) is 16.8 Å². The molecule has 0 aromatic carbocycles. The van der Waals surface area contributed by atoms with E-state index in [1.165, 1.54) is 25.9 Å². The third kappa shape index (κ3) is 3.95. The SMILES string of the molecule is CCOC(=O)C(C)(C)N(C)CC1CCN(C)CC1. The molecular formula is C14H28N2O2. The number of likely N-dealkylation sites (N-methyl/N-ethyl adjacent to an activating group) is 1. The summed E-state index contributed by atoms with van der Waals surface area (Å²) in [5.74, 6) is 0.570. The lowest BCUT2D eigenvalue weighted by Gasteiger charge is -2.38. The maximum Gasteiger partial charge on any atom is 0.325 e. The molecule has 0 amide bonds. The number of piperidine rings is 1. The van der Waals surface area contributed by atoms with Crippen LogP contribution in [0.3, 0.4) is 0 Å². The van der Waals surface area contributed by atoms with Crippen LogP contribution in [0.15, 0.2) is 0 Å². The normalized spacial score (nSPS) is 19.2. The maximum atomic E-state index is 11.9.